The summed E-state index contributed by atoms with van der Waals surface area (Å²) in [5, 5.41) is 11.0. The fourth-order valence-corrected chi connectivity index (χ4v) is 2.83. The third-order valence-electron chi connectivity index (χ3n) is 3.71. The minimum absolute atomic E-state index is 0.374. The van der Waals surface area contributed by atoms with Crippen molar-refractivity contribution in [3.63, 3.8) is 0 Å². The molecule has 0 bridgehead atoms. The lowest BCUT2D eigenvalue weighted by molar-refractivity contribution is 0.0868. The fourth-order valence-electron chi connectivity index (χ4n) is 2.70. The third-order valence-corrected chi connectivity index (χ3v) is 3.96. The predicted octanol–water partition coefficient (Wildman–Crippen LogP) is 3.26. The van der Waals surface area contributed by atoms with Crippen molar-refractivity contribution in [1.82, 2.24) is 9.80 Å². The van der Waals surface area contributed by atoms with Crippen LogP contribution in [0.3, 0.4) is 0 Å². The predicted molar refractivity (Wildman–Crippen MR) is 96.6 cm³/mol. The van der Waals surface area contributed by atoms with Crippen molar-refractivity contribution in [3.05, 3.63) is 70.7 Å². The van der Waals surface area contributed by atoms with E-state index in [4.69, 9.17) is 11.6 Å². The number of aliphatic hydroxyl groups is 1. The van der Waals surface area contributed by atoms with E-state index < -0.39 is 0 Å². The molecule has 124 valence electrons. The van der Waals surface area contributed by atoms with Gasteiger partial charge in [0.25, 0.3) is 0 Å². The Bertz CT molecular complexity index is 574. The molecule has 0 aromatic heterocycles. The zero-order valence-electron chi connectivity index (χ0n) is 13.8. The molecule has 0 spiro atoms. The molecule has 1 unspecified atom stereocenters. The number of aliphatic hydroxyl groups excluding tert-OH is 1. The van der Waals surface area contributed by atoms with Crippen molar-refractivity contribution in [1.29, 1.82) is 0 Å². The quantitative estimate of drug-likeness (QED) is 0.803. The maximum Gasteiger partial charge on any atom is 0.0793 e. The number of hydrogen-bond acceptors (Lipinski definition) is 3. The van der Waals surface area contributed by atoms with Crippen LogP contribution in [0.5, 0.6) is 0 Å². The first-order valence-corrected chi connectivity index (χ1v) is 8.24. The van der Waals surface area contributed by atoms with E-state index in [0.29, 0.717) is 13.1 Å². The van der Waals surface area contributed by atoms with Gasteiger partial charge in [0.05, 0.1) is 6.10 Å². The van der Waals surface area contributed by atoms with E-state index in [2.05, 4.69) is 21.9 Å². The summed E-state index contributed by atoms with van der Waals surface area (Å²) in [6, 6.07) is 18.2. The average molecular weight is 333 g/mol. The first-order chi connectivity index (χ1) is 11.0. The molecule has 0 aliphatic carbocycles. The van der Waals surface area contributed by atoms with E-state index in [1.165, 1.54) is 11.1 Å². The van der Waals surface area contributed by atoms with E-state index in [9.17, 15) is 5.11 Å². The Balaban J connectivity index is 1.74. The molecular weight excluding hydrogens is 308 g/mol. The molecule has 2 rings (SSSR count). The van der Waals surface area contributed by atoms with Crippen molar-refractivity contribution in [2.45, 2.75) is 19.2 Å². The van der Waals surface area contributed by atoms with Crippen molar-refractivity contribution in [2.24, 2.45) is 0 Å². The second-order valence-corrected chi connectivity index (χ2v) is 6.60. The lowest BCUT2D eigenvalue weighted by Crippen LogP contribution is -2.37. The minimum atomic E-state index is -0.374. The molecule has 0 aliphatic rings. The van der Waals surface area contributed by atoms with Crippen LogP contribution >= 0.6 is 11.6 Å². The van der Waals surface area contributed by atoms with Crippen LogP contribution in [-0.4, -0.2) is 48.2 Å². The molecule has 23 heavy (non-hydrogen) atoms. The third kappa shape index (κ3) is 6.71. The summed E-state index contributed by atoms with van der Waals surface area (Å²) in [6.07, 6.45) is -0.374. The van der Waals surface area contributed by atoms with Gasteiger partial charge in [0.1, 0.15) is 0 Å². The van der Waals surface area contributed by atoms with Gasteiger partial charge in [-0.25, -0.2) is 0 Å². The molecule has 0 heterocycles. The number of benzene rings is 2. The van der Waals surface area contributed by atoms with Crippen LogP contribution in [-0.2, 0) is 13.1 Å². The van der Waals surface area contributed by atoms with E-state index in [-0.39, 0.29) is 6.10 Å². The number of likely N-dealkylation sites (N-methyl/N-ethyl adjacent to an activating group) is 2. The van der Waals surface area contributed by atoms with E-state index >= 15 is 0 Å². The lowest BCUT2D eigenvalue weighted by atomic mass is 10.2. The van der Waals surface area contributed by atoms with Crippen molar-refractivity contribution in [2.75, 3.05) is 27.2 Å². The summed E-state index contributed by atoms with van der Waals surface area (Å²) < 4.78 is 0. The van der Waals surface area contributed by atoms with Gasteiger partial charge in [-0.15, -0.1) is 0 Å². The van der Waals surface area contributed by atoms with Crippen LogP contribution in [0.15, 0.2) is 54.6 Å². The lowest BCUT2D eigenvalue weighted by Gasteiger charge is -2.25. The van der Waals surface area contributed by atoms with Crippen LogP contribution in [0.4, 0.5) is 0 Å². The number of halogens is 1. The maximum atomic E-state index is 10.3. The first-order valence-electron chi connectivity index (χ1n) is 7.86. The molecule has 0 amide bonds. The highest BCUT2D eigenvalue weighted by atomic mass is 35.5. The van der Waals surface area contributed by atoms with Crippen LogP contribution in [0.25, 0.3) is 0 Å². The van der Waals surface area contributed by atoms with Crippen LogP contribution < -0.4 is 0 Å². The van der Waals surface area contributed by atoms with Crippen LogP contribution in [0, 0.1) is 0 Å². The van der Waals surface area contributed by atoms with Crippen molar-refractivity contribution in [3.8, 4) is 0 Å². The van der Waals surface area contributed by atoms with Gasteiger partial charge in [-0.3, -0.25) is 9.80 Å². The highest BCUT2D eigenvalue weighted by Crippen LogP contribution is 2.11. The molecule has 3 nitrogen and oxygen atoms in total. The number of rotatable bonds is 8. The van der Waals surface area contributed by atoms with Gasteiger partial charge in [0.15, 0.2) is 0 Å². The van der Waals surface area contributed by atoms with Gasteiger partial charge in [-0.2, -0.15) is 0 Å². The summed E-state index contributed by atoms with van der Waals surface area (Å²) in [4.78, 5) is 4.28. The van der Waals surface area contributed by atoms with E-state index in [1.54, 1.807) is 0 Å². The highest BCUT2D eigenvalue weighted by molar-refractivity contribution is 6.30. The Labute approximate surface area is 144 Å². The van der Waals surface area contributed by atoms with Crippen molar-refractivity contribution >= 4 is 11.6 Å². The summed E-state index contributed by atoms with van der Waals surface area (Å²) in [5.41, 5.74) is 2.46. The molecule has 2 aromatic rings. The standard InChI is InChI=1S/C19H25ClN2O/c1-21(12-16-6-4-3-5-7-16)14-19(23)15-22(2)13-17-8-10-18(20)11-9-17/h3-11,19,23H,12-15H2,1-2H3. The van der Waals surface area contributed by atoms with Gasteiger partial charge in [-0.05, 0) is 37.4 Å². The zero-order valence-corrected chi connectivity index (χ0v) is 14.6. The van der Waals surface area contributed by atoms with Crippen molar-refractivity contribution < 1.29 is 5.11 Å². The maximum absolute atomic E-state index is 10.3. The molecule has 2 aromatic carbocycles. The molecule has 0 aliphatic heterocycles. The Morgan fingerprint density at radius 3 is 1.83 bits per heavy atom. The minimum Gasteiger partial charge on any atom is -0.390 e. The highest BCUT2D eigenvalue weighted by Gasteiger charge is 2.11. The van der Waals surface area contributed by atoms with Crippen LogP contribution in [0.2, 0.25) is 5.02 Å². The Morgan fingerprint density at radius 1 is 0.826 bits per heavy atom. The molecule has 1 atom stereocenters. The monoisotopic (exact) mass is 332 g/mol. The topological polar surface area (TPSA) is 26.7 Å². The Kier molecular flexibility index (Phi) is 7.06. The van der Waals surface area contributed by atoms with E-state index in [1.807, 2.05) is 56.6 Å². The number of nitrogens with zero attached hydrogens (tertiary/aromatic N) is 2. The second kappa shape index (κ2) is 9.04. The van der Waals surface area contributed by atoms with Gasteiger partial charge in [-0.1, -0.05) is 54.1 Å². The molecule has 1 N–H and O–H groups in total. The molecule has 0 fully saturated rings. The molecule has 0 saturated carbocycles. The van der Waals surface area contributed by atoms with Gasteiger partial charge in [0, 0.05) is 31.2 Å². The molecular formula is C19H25ClN2O. The second-order valence-electron chi connectivity index (χ2n) is 6.16. The fraction of sp³-hybridized carbons (Fsp3) is 0.368. The summed E-state index contributed by atoms with van der Waals surface area (Å²) >= 11 is 5.90. The molecule has 0 saturated heterocycles. The van der Waals surface area contributed by atoms with Crippen LogP contribution in [0.1, 0.15) is 11.1 Å². The largest absolute Gasteiger partial charge is 0.390 e. The van der Waals surface area contributed by atoms with Gasteiger partial charge < -0.3 is 5.11 Å². The normalized spacial score (nSPS) is 12.8. The number of hydrogen-bond donors (Lipinski definition) is 1. The molecule has 4 heteroatoms. The van der Waals surface area contributed by atoms with Gasteiger partial charge in [0.2, 0.25) is 0 Å². The summed E-state index contributed by atoms with van der Waals surface area (Å²) in [6.45, 7) is 2.94. The zero-order chi connectivity index (χ0) is 16.7. The average Bonchev–Trinajstić information content (AvgIpc) is 2.50. The molecule has 0 radical (unpaired) electrons. The summed E-state index contributed by atoms with van der Waals surface area (Å²) in [7, 11) is 4.06. The summed E-state index contributed by atoms with van der Waals surface area (Å²) in [5.74, 6) is 0. The first kappa shape index (κ1) is 18.0. The van der Waals surface area contributed by atoms with Gasteiger partial charge >= 0.3 is 0 Å². The Morgan fingerprint density at radius 2 is 1.30 bits per heavy atom. The SMILES string of the molecule is CN(Cc1ccccc1)CC(O)CN(C)Cc1ccc(Cl)cc1. The smallest absolute Gasteiger partial charge is 0.0793 e. The Hall–Kier alpha value is -1.39. The van der Waals surface area contributed by atoms with E-state index in [0.717, 1.165) is 18.1 Å².